The average molecular weight is 389 g/mol. The summed E-state index contributed by atoms with van der Waals surface area (Å²) in [6, 6.07) is 12.8. The van der Waals surface area contributed by atoms with Crippen LogP contribution in [0.4, 0.5) is 4.79 Å². The number of halogens is 1. The number of urea groups is 1. The van der Waals surface area contributed by atoms with Crippen LogP contribution in [0.3, 0.4) is 0 Å². The third-order valence-electron chi connectivity index (χ3n) is 3.93. The number of nitrogens with one attached hydrogen (secondary N) is 2. The Kier molecular flexibility index (Phi) is 4.85. The van der Waals surface area contributed by atoms with Crippen LogP contribution >= 0.6 is 15.9 Å². The van der Waals surface area contributed by atoms with E-state index in [1.807, 2.05) is 42.5 Å². The Hall–Kier alpha value is -2.34. The fourth-order valence-electron chi connectivity index (χ4n) is 2.91. The van der Waals surface area contributed by atoms with Crippen LogP contribution in [0.1, 0.15) is 18.5 Å². The molecule has 0 aromatic heterocycles. The van der Waals surface area contributed by atoms with Crippen LogP contribution in [0.15, 0.2) is 53.7 Å². The highest BCUT2D eigenvalue weighted by atomic mass is 79.9. The number of carbonyl (C=O) groups is 2. The lowest BCUT2D eigenvalue weighted by Crippen LogP contribution is -2.45. The van der Waals surface area contributed by atoms with Crippen LogP contribution in [0.5, 0.6) is 0 Å². The molecule has 0 fully saturated rings. The van der Waals surface area contributed by atoms with Crippen molar-refractivity contribution in [3.05, 3.63) is 59.3 Å². The van der Waals surface area contributed by atoms with Crippen LogP contribution in [-0.4, -0.2) is 23.9 Å². The van der Waals surface area contributed by atoms with Crippen molar-refractivity contribution in [1.29, 1.82) is 0 Å². The number of ether oxygens (including phenoxy) is 1. The summed E-state index contributed by atoms with van der Waals surface area (Å²) in [5.41, 5.74) is 1.80. The summed E-state index contributed by atoms with van der Waals surface area (Å²) in [6.07, 6.45) is 0. The summed E-state index contributed by atoms with van der Waals surface area (Å²) in [6.45, 7) is 1.98. The average Bonchev–Trinajstić information content (AvgIpc) is 2.58. The van der Waals surface area contributed by atoms with E-state index in [0.29, 0.717) is 16.6 Å². The lowest BCUT2D eigenvalue weighted by Gasteiger charge is -2.29. The molecule has 6 heteroatoms. The van der Waals surface area contributed by atoms with E-state index in [1.165, 1.54) is 0 Å². The summed E-state index contributed by atoms with van der Waals surface area (Å²) in [5, 5.41) is 8.09. The molecule has 24 heavy (non-hydrogen) atoms. The zero-order chi connectivity index (χ0) is 17.1. The number of esters is 1. The van der Waals surface area contributed by atoms with Gasteiger partial charge in [0, 0.05) is 11.0 Å². The molecule has 0 saturated carbocycles. The fraction of sp³-hybridized carbons (Fsp3) is 0.222. The third-order valence-corrected chi connectivity index (χ3v) is 4.26. The van der Waals surface area contributed by atoms with Gasteiger partial charge in [0.1, 0.15) is 6.61 Å². The van der Waals surface area contributed by atoms with Crippen molar-refractivity contribution in [3.8, 4) is 0 Å². The number of fused-ring (bicyclic) bond motifs is 1. The van der Waals surface area contributed by atoms with Crippen LogP contribution in [0.25, 0.3) is 10.8 Å². The van der Waals surface area contributed by atoms with Gasteiger partial charge < -0.3 is 15.4 Å². The highest BCUT2D eigenvalue weighted by Gasteiger charge is 2.32. The zero-order valence-electron chi connectivity index (χ0n) is 13.1. The lowest BCUT2D eigenvalue weighted by molar-refractivity contribution is -0.138. The molecule has 2 aromatic rings. The minimum absolute atomic E-state index is 0.270. The minimum atomic E-state index is -0.548. The van der Waals surface area contributed by atoms with Crippen molar-refractivity contribution in [2.75, 3.05) is 11.9 Å². The van der Waals surface area contributed by atoms with Crippen LogP contribution in [-0.2, 0) is 9.53 Å². The van der Waals surface area contributed by atoms with Gasteiger partial charge in [0.2, 0.25) is 0 Å². The topological polar surface area (TPSA) is 67.4 Å². The molecule has 0 spiro atoms. The predicted octanol–water partition coefficient (Wildman–Crippen LogP) is 3.41. The van der Waals surface area contributed by atoms with Gasteiger partial charge in [0.05, 0.1) is 11.6 Å². The Bertz CT molecular complexity index is 827. The number of alkyl halides is 1. The van der Waals surface area contributed by atoms with E-state index in [0.717, 1.165) is 16.3 Å². The van der Waals surface area contributed by atoms with E-state index >= 15 is 0 Å². The quantitative estimate of drug-likeness (QED) is 0.622. The summed E-state index contributed by atoms with van der Waals surface area (Å²) < 4.78 is 5.27. The molecule has 3 rings (SSSR count). The van der Waals surface area contributed by atoms with Gasteiger partial charge in [-0.2, -0.15) is 0 Å². The largest absolute Gasteiger partial charge is 0.461 e. The Morgan fingerprint density at radius 3 is 2.75 bits per heavy atom. The molecule has 1 atom stereocenters. The van der Waals surface area contributed by atoms with E-state index in [1.54, 1.807) is 6.92 Å². The first-order chi connectivity index (χ1) is 11.6. The standard InChI is InChI=1S/C18H17BrN2O3/c1-11-15(17(22)24-10-9-19)16(21-18(23)20-11)14-8-4-6-12-5-2-3-7-13(12)14/h2-8,16H,9-10H2,1H3,(H2,20,21,23)/t16-/m1/s1. The molecule has 1 aliphatic rings. The third kappa shape index (κ3) is 3.14. The van der Waals surface area contributed by atoms with Crippen molar-refractivity contribution in [1.82, 2.24) is 10.6 Å². The number of amides is 2. The van der Waals surface area contributed by atoms with Gasteiger partial charge in [0.25, 0.3) is 0 Å². The van der Waals surface area contributed by atoms with Gasteiger partial charge in [-0.1, -0.05) is 58.4 Å². The van der Waals surface area contributed by atoms with Crippen molar-refractivity contribution in [2.24, 2.45) is 0 Å². The maximum absolute atomic E-state index is 12.5. The van der Waals surface area contributed by atoms with Gasteiger partial charge in [-0.3, -0.25) is 0 Å². The maximum atomic E-state index is 12.5. The number of hydrogen-bond donors (Lipinski definition) is 2. The van der Waals surface area contributed by atoms with E-state index in [2.05, 4.69) is 26.6 Å². The van der Waals surface area contributed by atoms with Crippen molar-refractivity contribution in [3.63, 3.8) is 0 Å². The molecule has 2 amide bonds. The summed E-state index contributed by atoms with van der Waals surface area (Å²) >= 11 is 3.24. The second kappa shape index (κ2) is 7.05. The molecular weight excluding hydrogens is 372 g/mol. The van der Waals surface area contributed by atoms with E-state index in [9.17, 15) is 9.59 Å². The van der Waals surface area contributed by atoms with Gasteiger partial charge in [-0.25, -0.2) is 9.59 Å². The van der Waals surface area contributed by atoms with Crippen molar-refractivity contribution < 1.29 is 14.3 Å². The predicted molar refractivity (Wildman–Crippen MR) is 95.8 cm³/mol. The molecule has 2 aromatic carbocycles. The first-order valence-electron chi connectivity index (χ1n) is 7.61. The molecule has 5 nitrogen and oxygen atoms in total. The number of benzene rings is 2. The lowest BCUT2D eigenvalue weighted by atomic mass is 9.91. The molecule has 1 aliphatic heterocycles. The van der Waals surface area contributed by atoms with Gasteiger partial charge in [-0.05, 0) is 23.3 Å². The fourth-order valence-corrected chi connectivity index (χ4v) is 3.07. The zero-order valence-corrected chi connectivity index (χ0v) is 14.7. The molecule has 0 bridgehead atoms. The van der Waals surface area contributed by atoms with Gasteiger partial charge >= 0.3 is 12.0 Å². The first-order valence-corrected chi connectivity index (χ1v) is 8.73. The second-order valence-corrected chi connectivity index (χ2v) is 6.26. The van der Waals surface area contributed by atoms with Gasteiger partial charge in [-0.15, -0.1) is 0 Å². The molecular formula is C18H17BrN2O3. The molecule has 2 N–H and O–H groups in total. The van der Waals surface area contributed by atoms with E-state index in [-0.39, 0.29) is 12.6 Å². The minimum Gasteiger partial charge on any atom is -0.461 e. The smallest absolute Gasteiger partial charge is 0.338 e. The SMILES string of the molecule is CC1=C(C(=O)OCCBr)[C@@H](c2cccc3ccccc23)NC(=O)N1. The molecule has 0 radical (unpaired) electrons. The molecule has 0 unspecified atom stereocenters. The summed E-state index contributed by atoms with van der Waals surface area (Å²) in [7, 11) is 0. The van der Waals surface area contributed by atoms with Crippen LogP contribution in [0, 0.1) is 0 Å². The Morgan fingerprint density at radius 2 is 1.96 bits per heavy atom. The van der Waals surface area contributed by atoms with Gasteiger partial charge in [0.15, 0.2) is 0 Å². The van der Waals surface area contributed by atoms with Crippen LogP contribution < -0.4 is 10.6 Å². The van der Waals surface area contributed by atoms with Crippen molar-refractivity contribution >= 4 is 38.7 Å². The highest BCUT2D eigenvalue weighted by molar-refractivity contribution is 9.09. The van der Waals surface area contributed by atoms with E-state index in [4.69, 9.17) is 4.74 Å². The molecule has 124 valence electrons. The molecule has 0 saturated heterocycles. The normalized spacial score (nSPS) is 17.4. The first kappa shape index (κ1) is 16.5. The number of allylic oxidation sites excluding steroid dienone is 1. The summed E-state index contributed by atoms with van der Waals surface area (Å²) in [5.74, 6) is -0.433. The number of hydrogen-bond acceptors (Lipinski definition) is 3. The number of carbonyl (C=O) groups excluding carboxylic acids is 2. The Labute approximate surface area is 148 Å². The molecule has 0 aliphatic carbocycles. The van der Waals surface area contributed by atoms with Crippen LogP contribution in [0.2, 0.25) is 0 Å². The summed E-state index contributed by atoms with van der Waals surface area (Å²) in [4.78, 5) is 24.5. The van der Waals surface area contributed by atoms with E-state index < -0.39 is 12.0 Å². The second-order valence-electron chi connectivity index (χ2n) is 5.46. The molecule has 1 heterocycles. The Balaban J connectivity index is 2.10. The maximum Gasteiger partial charge on any atom is 0.338 e. The monoisotopic (exact) mass is 388 g/mol. The Morgan fingerprint density at radius 1 is 1.21 bits per heavy atom. The highest BCUT2D eigenvalue weighted by Crippen LogP contribution is 2.32. The van der Waals surface area contributed by atoms with Crippen molar-refractivity contribution in [2.45, 2.75) is 13.0 Å². The number of rotatable bonds is 4.